The van der Waals surface area contributed by atoms with E-state index in [1.807, 2.05) is 33.3 Å². The minimum absolute atomic E-state index is 0.0154. The number of aliphatic hydroxyl groups is 1. The fourth-order valence-corrected chi connectivity index (χ4v) is 2.98. The minimum atomic E-state index is -0.945. The lowest BCUT2D eigenvalue weighted by molar-refractivity contribution is -0.887. The van der Waals surface area contributed by atoms with E-state index in [0.717, 1.165) is 32.1 Å². The zero-order valence-corrected chi connectivity index (χ0v) is 22.0. The summed E-state index contributed by atoms with van der Waals surface area (Å²) < 4.78 is 10.7. The van der Waals surface area contributed by atoms with Crippen LogP contribution in [0.4, 0.5) is 0 Å². The van der Waals surface area contributed by atoms with Gasteiger partial charge in [0.25, 0.3) is 0 Å². The molecule has 7 heteroatoms. The fourth-order valence-electron chi connectivity index (χ4n) is 2.98. The van der Waals surface area contributed by atoms with Crippen LogP contribution in [0.15, 0.2) is 60.8 Å². The summed E-state index contributed by atoms with van der Waals surface area (Å²) in [5.41, 5.74) is 0. The van der Waals surface area contributed by atoms with Gasteiger partial charge in [0, 0.05) is 6.42 Å². The number of carboxylic acid groups (broad SMARTS) is 1. The SMILES string of the molecule is CC/C=C\C/C=C\C/C=C\C/C=C\C/C=C\CC(=O)OCC(O)COCCC(C(=O)O)[N+](C)(C)C. The fraction of sp³-hybridized carbons (Fsp3) is 0.571. The summed E-state index contributed by atoms with van der Waals surface area (Å²) >= 11 is 0. The lowest BCUT2D eigenvalue weighted by Crippen LogP contribution is -2.50. The van der Waals surface area contributed by atoms with E-state index in [-0.39, 0.29) is 30.7 Å². The number of nitrogens with zero attached hydrogens (tertiary/aromatic N) is 1. The van der Waals surface area contributed by atoms with Crippen LogP contribution in [-0.2, 0) is 19.1 Å². The molecule has 0 saturated carbocycles. The molecule has 0 bridgehead atoms. The second kappa shape index (κ2) is 20.9. The summed E-state index contributed by atoms with van der Waals surface area (Å²) in [7, 11) is 5.43. The molecule has 0 saturated heterocycles. The number of allylic oxidation sites excluding steroid dienone is 9. The second-order valence-corrected chi connectivity index (χ2v) is 9.08. The second-order valence-electron chi connectivity index (χ2n) is 9.08. The van der Waals surface area contributed by atoms with Crippen molar-refractivity contribution >= 4 is 11.9 Å². The van der Waals surface area contributed by atoms with Gasteiger partial charge in [-0.2, -0.15) is 0 Å². The van der Waals surface area contributed by atoms with E-state index >= 15 is 0 Å². The van der Waals surface area contributed by atoms with Gasteiger partial charge >= 0.3 is 11.9 Å². The van der Waals surface area contributed by atoms with E-state index in [1.54, 1.807) is 6.08 Å². The van der Waals surface area contributed by atoms with E-state index in [1.165, 1.54) is 0 Å². The van der Waals surface area contributed by atoms with E-state index in [9.17, 15) is 19.8 Å². The highest BCUT2D eigenvalue weighted by Crippen LogP contribution is 2.08. The maximum atomic E-state index is 11.8. The van der Waals surface area contributed by atoms with Crippen molar-refractivity contribution in [3.63, 3.8) is 0 Å². The molecule has 2 unspecified atom stereocenters. The van der Waals surface area contributed by atoms with Crippen LogP contribution >= 0.6 is 0 Å². The van der Waals surface area contributed by atoms with Crippen molar-refractivity contribution in [1.82, 2.24) is 0 Å². The molecule has 35 heavy (non-hydrogen) atoms. The molecule has 0 fully saturated rings. The third-order valence-electron chi connectivity index (χ3n) is 4.94. The predicted molar refractivity (Wildman–Crippen MR) is 141 cm³/mol. The first kappa shape index (κ1) is 32.5. The Morgan fingerprint density at radius 1 is 0.800 bits per heavy atom. The molecule has 0 aromatic carbocycles. The number of carbonyl (C=O) groups is 2. The molecule has 0 radical (unpaired) electrons. The maximum absolute atomic E-state index is 11.8. The molecule has 0 aromatic heterocycles. The Hall–Kier alpha value is -2.48. The van der Waals surface area contributed by atoms with Gasteiger partial charge in [0.2, 0.25) is 0 Å². The minimum Gasteiger partial charge on any atom is -0.477 e. The number of hydrogen-bond acceptors (Lipinski definition) is 5. The van der Waals surface area contributed by atoms with E-state index in [0.29, 0.717) is 6.42 Å². The normalized spacial score (nSPS) is 14.7. The van der Waals surface area contributed by atoms with Crippen molar-refractivity contribution in [3.8, 4) is 0 Å². The Bertz CT molecular complexity index is 715. The van der Waals surface area contributed by atoms with E-state index in [4.69, 9.17) is 9.47 Å². The number of likely N-dealkylation sites (N-methyl/N-ethyl adjacent to an activating group) is 1. The number of carboxylic acids is 1. The highest BCUT2D eigenvalue weighted by Gasteiger charge is 2.30. The Morgan fingerprint density at radius 2 is 1.29 bits per heavy atom. The van der Waals surface area contributed by atoms with Crippen LogP contribution in [-0.4, -0.2) is 79.7 Å². The molecule has 2 atom stereocenters. The van der Waals surface area contributed by atoms with Crippen molar-refractivity contribution < 1.29 is 33.8 Å². The maximum Gasteiger partial charge on any atom is 0.362 e. The summed E-state index contributed by atoms with van der Waals surface area (Å²) in [5, 5.41) is 19.1. The number of carbonyl (C=O) groups excluding carboxylic acids is 1. The molecule has 2 N–H and O–H groups in total. The number of aliphatic carboxylic acids is 1. The summed E-state index contributed by atoms with van der Waals surface area (Å²) in [6.07, 6.45) is 24.9. The van der Waals surface area contributed by atoms with Crippen LogP contribution in [0.3, 0.4) is 0 Å². The lowest BCUT2D eigenvalue weighted by Gasteiger charge is -2.31. The number of hydrogen-bond donors (Lipinski definition) is 2. The van der Waals surface area contributed by atoms with Crippen molar-refractivity contribution in [1.29, 1.82) is 0 Å². The summed E-state index contributed by atoms with van der Waals surface area (Å²) in [4.78, 5) is 23.1. The molecule has 7 nitrogen and oxygen atoms in total. The molecule has 0 spiro atoms. The highest BCUT2D eigenvalue weighted by molar-refractivity contribution is 5.72. The number of esters is 1. The highest BCUT2D eigenvalue weighted by atomic mass is 16.5. The molecule has 0 heterocycles. The topological polar surface area (TPSA) is 93.1 Å². The molecule has 0 aliphatic rings. The third kappa shape index (κ3) is 20.6. The van der Waals surface area contributed by atoms with Crippen LogP contribution in [0.5, 0.6) is 0 Å². The summed E-state index contributed by atoms with van der Waals surface area (Å²) in [6, 6.07) is -0.589. The molecule has 0 amide bonds. The van der Waals surface area contributed by atoms with Gasteiger partial charge in [-0.25, -0.2) is 4.79 Å². The molecular formula is C28H46NO6+. The van der Waals surface area contributed by atoms with Gasteiger partial charge in [0.1, 0.15) is 12.7 Å². The average molecular weight is 493 g/mol. The van der Waals surface area contributed by atoms with Gasteiger partial charge in [-0.05, 0) is 32.1 Å². The van der Waals surface area contributed by atoms with Crippen molar-refractivity contribution in [2.24, 2.45) is 0 Å². The first-order valence-corrected chi connectivity index (χ1v) is 12.4. The van der Waals surface area contributed by atoms with Crippen LogP contribution in [0, 0.1) is 0 Å². The number of quaternary nitrogens is 1. The van der Waals surface area contributed by atoms with Crippen molar-refractivity contribution in [2.75, 3.05) is 41.0 Å². The average Bonchev–Trinajstić information content (AvgIpc) is 2.79. The van der Waals surface area contributed by atoms with Gasteiger partial charge in [0.15, 0.2) is 6.04 Å². The molecular weight excluding hydrogens is 446 g/mol. The Morgan fingerprint density at radius 3 is 1.74 bits per heavy atom. The standard InChI is InChI=1S/C28H45NO6/c1-5-6-7-8-9-10-11-12-13-14-15-16-17-18-19-20-27(31)35-24-25(30)23-34-22-21-26(28(32)33)29(2,3)4/h6-7,9-10,12-13,15-16,18-19,25-26,30H,5,8,11,14,17,20-24H2,1-4H3/p+1/b7-6-,10-9-,13-12-,16-15-,19-18-. The Kier molecular flexibility index (Phi) is 19.4. The Labute approximate surface area is 211 Å². The zero-order valence-electron chi connectivity index (χ0n) is 22.0. The summed E-state index contributed by atoms with van der Waals surface area (Å²) in [6.45, 7) is 2.17. The number of ether oxygens (including phenoxy) is 2. The number of aliphatic hydroxyl groups excluding tert-OH is 1. The van der Waals surface area contributed by atoms with Crippen LogP contribution in [0.25, 0.3) is 0 Å². The van der Waals surface area contributed by atoms with Gasteiger partial charge < -0.3 is 24.2 Å². The first-order chi connectivity index (χ1) is 16.7. The quantitative estimate of drug-likeness (QED) is 0.112. The molecule has 0 aromatic rings. The predicted octanol–water partition coefficient (Wildman–Crippen LogP) is 4.60. The van der Waals surface area contributed by atoms with Gasteiger partial charge in [-0.3, -0.25) is 4.79 Å². The van der Waals surface area contributed by atoms with E-state index in [2.05, 4.69) is 49.5 Å². The molecule has 0 aliphatic carbocycles. The van der Waals surface area contributed by atoms with Crippen molar-refractivity contribution in [3.05, 3.63) is 60.8 Å². The Balaban J connectivity index is 3.83. The number of rotatable bonds is 20. The van der Waals surface area contributed by atoms with Crippen molar-refractivity contribution in [2.45, 2.75) is 64.0 Å². The van der Waals surface area contributed by atoms with Gasteiger partial charge in [0.05, 0.1) is 40.8 Å². The van der Waals surface area contributed by atoms with Crippen LogP contribution in [0.2, 0.25) is 0 Å². The monoisotopic (exact) mass is 492 g/mol. The molecule has 0 rings (SSSR count). The van der Waals surface area contributed by atoms with Gasteiger partial charge in [-0.15, -0.1) is 0 Å². The largest absolute Gasteiger partial charge is 0.477 e. The smallest absolute Gasteiger partial charge is 0.362 e. The van der Waals surface area contributed by atoms with Crippen LogP contribution in [0.1, 0.15) is 51.9 Å². The lowest BCUT2D eigenvalue weighted by atomic mass is 10.1. The zero-order chi connectivity index (χ0) is 26.4. The van der Waals surface area contributed by atoms with E-state index < -0.39 is 24.1 Å². The molecule has 0 aliphatic heterocycles. The van der Waals surface area contributed by atoms with Gasteiger partial charge in [-0.1, -0.05) is 67.7 Å². The summed E-state index contributed by atoms with van der Waals surface area (Å²) in [5.74, 6) is -1.30. The van der Waals surface area contributed by atoms with Crippen LogP contribution < -0.4 is 0 Å². The first-order valence-electron chi connectivity index (χ1n) is 12.4. The molecule has 198 valence electrons. The third-order valence-corrected chi connectivity index (χ3v) is 4.94.